The number of rotatable bonds is 4. The summed E-state index contributed by atoms with van der Waals surface area (Å²) in [7, 11) is 0. The monoisotopic (exact) mass is 355 g/mol. The molecule has 2 nitrogen and oxygen atoms in total. The summed E-state index contributed by atoms with van der Waals surface area (Å²) in [5, 5.41) is 9.76. The standard InChI is InChI=1S/C12H18INO.ClH/c1-3-8(4-2)9-5-10(7-14)12(15)11(13)6-9;/h5-6,8,15H,3-4,7,14H2,1-2H3;1H. The number of benzene rings is 1. The van der Waals surface area contributed by atoms with Crippen LogP contribution in [0.3, 0.4) is 0 Å². The average Bonchev–Trinajstić information content (AvgIpc) is 2.24. The predicted molar refractivity (Wildman–Crippen MR) is 79.3 cm³/mol. The molecule has 16 heavy (non-hydrogen) atoms. The Morgan fingerprint density at radius 2 is 1.88 bits per heavy atom. The summed E-state index contributed by atoms with van der Waals surface area (Å²) < 4.78 is 0.900. The SMILES string of the molecule is CCC(CC)c1cc(I)c(O)c(CN)c1.Cl. The van der Waals surface area contributed by atoms with Crippen LogP contribution in [0.15, 0.2) is 12.1 Å². The molecule has 0 heterocycles. The summed E-state index contributed by atoms with van der Waals surface area (Å²) in [5.41, 5.74) is 7.75. The molecule has 1 aromatic carbocycles. The largest absolute Gasteiger partial charge is 0.507 e. The van der Waals surface area contributed by atoms with E-state index in [0.29, 0.717) is 18.2 Å². The molecule has 0 radical (unpaired) electrons. The van der Waals surface area contributed by atoms with Crippen LogP contribution in [-0.4, -0.2) is 5.11 Å². The maximum absolute atomic E-state index is 9.76. The van der Waals surface area contributed by atoms with Gasteiger partial charge in [0.1, 0.15) is 5.75 Å². The highest BCUT2D eigenvalue weighted by Crippen LogP contribution is 2.31. The fourth-order valence-electron chi connectivity index (χ4n) is 1.83. The zero-order valence-corrected chi connectivity index (χ0v) is 12.6. The van der Waals surface area contributed by atoms with Crippen LogP contribution in [0.2, 0.25) is 0 Å². The number of nitrogens with two attached hydrogens (primary N) is 1. The van der Waals surface area contributed by atoms with Gasteiger partial charge in [0.05, 0.1) is 3.57 Å². The molecule has 0 aliphatic rings. The fourth-order valence-corrected chi connectivity index (χ4v) is 2.54. The van der Waals surface area contributed by atoms with Crippen LogP contribution in [-0.2, 0) is 6.54 Å². The highest BCUT2D eigenvalue weighted by Gasteiger charge is 2.12. The van der Waals surface area contributed by atoms with E-state index in [2.05, 4.69) is 42.5 Å². The second kappa shape index (κ2) is 7.35. The van der Waals surface area contributed by atoms with Gasteiger partial charge in [-0.1, -0.05) is 19.9 Å². The third-order valence-corrected chi connectivity index (χ3v) is 3.66. The first kappa shape index (κ1) is 16.0. The van der Waals surface area contributed by atoms with E-state index in [1.807, 2.05) is 6.07 Å². The van der Waals surface area contributed by atoms with Crippen molar-refractivity contribution < 1.29 is 5.11 Å². The van der Waals surface area contributed by atoms with Crippen LogP contribution in [0.5, 0.6) is 5.75 Å². The van der Waals surface area contributed by atoms with Crippen molar-refractivity contribution in [2.24, 2.45) is 5.73 Å². The molecule has 0 atom stereocenters. The molecule has 0 aliphatic carbocycles. The molecule has 4 heteroatoms. The number of phenolic OH excluding ortho intramolecular Hbond substituents is 1. The van der Waals surface area contributed by atoms with E-state index in [9.17, 15) is 5.11 Å². The molecule has 0 spiro atoms. The molecular formula is C12H19ClINO. The zero-order chi connectivity index (χ0) is 11.4. The van der Waals surface area contributed by atoms with Crippen LogP contribution >= 0.6 is 35.0 Å². The lowest BCUT2D eigenvalue weighted by atomic mass is 9.92. The predicted octanol–water partition coefficient (Wildman–Crippen LogP) is 3.78. The zero-order valence-electron chi connectivity index (χ0n) is 9.66. The summed E-state index contributed by atoms with van der Waals surface area (Å²) in [6.45, 7) is 4.78. The van der Waals surface area contributed by atoms with Gasteiger partial charge >= 0.3 is 0 Å². The van der Waals surface area contributed by atoms with Crippen LogP contribution in [0.1, 0.15) is 43.7 Å². The number of phenols is 1. The van der Waals surface area contributed by atoms with Gasteiger partial charge in [-0.15, -0.1) is 12.4 Å². The number of aromatic hydroxyl groups is 1. The highest BCUT2D eigenvalue weighted by atomic mass is 127. The number of hydrogen-bond donors (Lipinski definition) is 2. The Hall–Kier alpha value is -0.0000000000000000555. The first-order valence-corrected chi connectivity index (χ1v) is 6.43. The van der Waals surface area contributed by atoms with Gasteiger partial charge in [0.2, 0.25) is 0 Å². The molecule has 0 amide bonds. The molecule has 1 rings (SSSR count). The van der Waals surface area contributed by atoms with Crippen molar-refractivity contribution in [2.45, 2.75) is 39.2 Å². The Labute approximate surface area is 117 Å². The molecule has 0 aromatic heterocycles. The molecule has 0 saturated carbocycles. The Morgan fingerprint density at radius 1 is 1.31 bits per heavy atom. The van der Waals surface area contributed by atoms with Crippen LogP contribution in [0, 0.1) is 3.57 Å². The fraction of sp³-hybridized carbons (Fsp3) is 0.500. The summed E-state index contributed by atoms with van der Waals surface area (Å²) in [6, 6.07) is 4.10. The quantitative estimate of drug-likeness (QED) is 0.807. The molecule has 0 unspecified atom stereocenters. The minimum absolute atomic E-state index is 0. The molecule has 0 saturated heterocycles. The van der Waals surface area contributed by atoms with E-state index in [-0.39, 0.29) is 12.4 Å². The summed E-state index contributed by atoms with van der Waals surface area (Å²) in [4.78, 5) is 0. The smallest absolute Gasteiger partial charge is 0.133 e. The van der Waals surface area contributed by atoms with Crippen molar-refractivity contribution in [3.63, 3.8) is 0 Å². The van der Waals surface area contributed by atoms with Crippen molar-refractivity contribution >= 4 is 35.0 Å². The van der Waals surface area contributed by atoms with Gasteiger partial charge in [-0.3, -0.25) is 0 Å². The van der Waals surface area contributed by atoms with E-state index >= 15 is 0 Å². The molecule has 3 N–H and O–H groups in total. The van der Waals surface area contributed by atoms with E-state index < -0.39 is 0 Å². The number of hydrogen-bond acceptors (Lipinski definition) is 2. The maximum Gasteiger partial charge on any atom is 0.133 e. The second-order valence-corrected chi connectivity index (χ2v) is 4.89. The first-order valence-electron chi connectivity index (χ1n) is 5.35. The second-order valence-electron chi connectivity index (χ2n) is 3.73. The maximum atomic E-state index is 9.76. The van der Waals surface area contributed by atoms with Gasteiger partial charge in [-0.2, -0.15) is 0 Å². The van der Waals surface area contributed by atoms with E-state index in [4.69, 9.17) is 5.73 Å². The van der Waals surface area contributed by atoms with E-state index in [0.717, 1.165) is 22.0 Å². The molecule has 0 fully saturated rings. The molecule has 0 aliphatic heterocycles. The lowest BCUT2D eigenvalue weighted by Gasteiger charge is -2.15. The van der Waals surface area contributed by atoms with Crippen molar-refractivity contribution in [1.29, 1.82) is 0 Å². The van der Waals surface area contributed by atoms with Gasteiger partial charge in [0.25, 0.3) is 0 Å². The van der Waals surface area contributed by atoms with Crippen LogP contribution in [0.4, 0.5) is 0 Å². The van der Waals surface area contributed by atoms with Crippen molar-refractivity contribution in [1.82, 2.24) is 0 Å². The van der Waals surface area contributed by atoms with Gasteiger partial charge in [0, 0.05) is 12.1 Å². The highest BCUT2D eigenvalue weighted by molar-refractivity contribution is 14.1. The summed E-state index contributed by atoms with van der Waals surface area (Å²) in [5.74, 6) is 0.914. The average molecular weight is 356 g/mol. The van der Waals surface area contributed by atoms with Crippen LogP contribution in [0.25, 0.3) is 0 Å². The Balaban J connectivity index is 0.00000225. The first-order chi connectivity index (χ1) is 7.13. The summed E-state index contributed by atoms with van der Waals surface area (Å²) in [6.07, 6.45) is 2.25. The minimum Gasteiger partial charge on any atom is -0.507 e. The van der Waals surface area contributed by atoms with E-state index in [1.165, 1.54) is 5.56 Å². The van der Waals surface area contributed by atoms with Gasteiger partial charge in [0.15, 0.2) is 0 Å². The van der Waals surface area contributed by atoms with Gasteiger partial charge < -0.3 is 10.8 Å². The molecule has 0 bridgehead atoms. The normalized spacial score (nSPS) is 10.3. The molecule has 1 aromatic rings. The van der Waals surface area contributed by atoms with Gasteiger partial charge in [-0.05, 0) is 53.0 Å². The summed E-state index contributed by atoms with van der Waals surface area (Å²) >= 11 is 2.16. The van der Waals surface area contributed by atoms with Gasteiger partial charge in [-0.25, -0.2) is 0 Å². The minimum atomic E-state index is 0. The molecular weight excluding hydrogens is 336 g/mol. The Kier molecular flexibility index (Phi) is 7.35. The van der Waals surface area contributed by atoms with Crippen molar-refractivity contribution in [3.8, 4) is 5.75 Å². The topological polar surface area (TPSA) is 46.2 Å². The molecule has 92 valence electrons. The third kappa shape index (κ3) is 3.50. The number of halogens is 2. The van der Waals surface area contributed by atoms with Crippen molar-refractivity contribution in [2.75, 3.05) is 0 Å². The Morgan fingerprint density at radius 3 is 2.31 bits per heavy atom. The van der Waals surface area contributed by atoms with E-state index in [1.54, 1.807) is 0 Å². The Bertz CT molecular complexity index is 340. The lowest BCUT2D eigenvalue weighted by molar-refractivity contribution is 0.463. The lowest BCUT2D eigenvalue weighted by Crippen LogP contribution is -2.02. The third-order valence-electron chi connectivity index (χ3n) is 2.84. The van der Waals surface area contributed by atoms with Crippen LogP contribution < -0.4 is 5.73 Å². The van der Waals surface area contributed by atoms with Crippen molar-refractivity contribution in [3.05, 3.63) is 26.8 Å².